The van der Waals surface area contributed by atoms with Crippen LogP contribution < -0.4 is 11.3 Å². The van der Waals surface area contributed by atoms with E-state index in [0.29, 0.717) is 25.7 Å². The van der Waals surface area contributed by atoms with E-state index in [2.05, 4.69) is 10.2 Å². The van der Waals surface area contributed by atoms with E-state index in [1.54, 1.807) is 0 Å². The van der Waals surface area contributed by atoms with E-state index in [-0.39, 0.29) is 6.04 Å². The van der Waals surface area contributed by atoms with Gasteiger partial charge in [0.25, 0.3) is 0 Å². The minimum Gasteiger partial charge on any atom is -0.289 e. The maximum atomic E-state index is 11.8. The normalized spacial score (nSPS) is 30.5. The minimum absolute atomic E-state index is 0.132. The molecule has 0 spiro atoms. The highest BCUT2D eigenvalue weighted by Crippen LogP contribution is 2.27. The molecule has 0 radical (unpaired) electrons. The van der Waals surface area contributed by atoms with Crippen LogP contribution in [0.3, 0.4) is 0 Å². The molecule has 1 fully saturated rings. The smallest absolute Gasteiger partial charge is 0.289 e. The van der Waals surface area contributed by atoms with E-state index >= 15 is 0 Å². The third kappa shape index (κ3) is 3.93. The molecule has 0 bridgehead atoms. The van der Waals surface area contributed by atoms with Gasteiger partial charge in [-0.15, -0.1) is 13.2 Å². The third-order valence-corrected chi connectivity index (χ3v) is 2.21. The summed E-state index contributed by atoms with van der Waals surface area (Å²) in [6.45, 7) is 0. The Bertz CT molecular complexity index is 154. The summed E-state index contributed by atoms with van der Waals surface area (Å²) in [7, 11) is 0. The van der Waals surface area contributed by atoms with Gasteiger partial charge in [-0.2, -0.15) is 0 Å². The molecule has 1 aliphatic carbocycles. The molecule has 0 amide bonds. The summed E-state index contributed by atoms with van der Waals surface area (Å²) >= 11 is 0. The molecule has 1 rings (SSSR count). The summed E-state index contributed by atoms with van der Waals surface area (Å²) in [5, 5.41) is 0. The van der Waals surface area contributed by atoms with E-state index in [4.69, 9.17) is 5.84 Å². The molecular formula is C7H13F3N2O. The molecule has 0 aromatic rings. The summed E-state index contributed by atoms with van der Waals surface area (Å²) in [6.07, 6.45) is -3.10. The fourth-order valence-corrected chi connectivity index (χ4v) is 1.54. The number of rotatable bonds is 2. The number of alkyl halides is 3. The van der Waals surface area contributed by atoms with Crippen molar-refractivity contribution in [1.82, 2.24) is 5.43 Å². The average molecular weight is 198 g/mol. The van der Waals surface area contributed by atoms with Gasteiger partial charge in [-0.3, -0.25) is 16.0 Å². The summed E-state index contributed by atoms with van der Waals surface area (Å²) in [4.78, 5) is 0. The molecule has 3 nitrogen and oxygen atoms in total. The van der Waals surface area contributed by atoms with E-state index in [1.807, 2.05) is 0 Å². The first-order valence-electron chi connectivity index (χ1n) is 4.22. The number of nitrogens with two attached hydrogens (primary N) is 1. The van der Waals surface area contributed by atoms with Crippen LogP contribution in [0.25, 0.3) is 0 Å². The van der Waals surface area contributed by atoms with E-state index in [0.717, 1.165) is 0 Å². The average Bonchev–Trinajstić information content (AvgIpc) is 2.03. The first-order chi connectivity index (χ1) is 6.01. The lowest BCUT2D eigenvalue weighted by atomic mass is 9.93. The molecule has 3 N–H and O–H groups in total. The van der Waals surface area contributed by atoms with Gasteiger partial charge in [-0.25, -0.2) is 0 Å². The maximum Gasteiger partial charge on any atom is 0.522 e. The number of nitrogens with one attached hydrogen (secondary N) is 1. The van der Waals surface area contributed by atoms with Gasteiger partial charge in [0.15, 0.2) is 0 Å². The van der Waals surface area contributed by atoms with Crippen LogP contribution in [0, 0.1) is 0 Å². The highest BCUT2D eigenvalue weighted by Gasteiger charge is 2.35. The molecule has 0 aliphatic heterocycles. The van der Waals surface area contributed by atoms with Crippen molar-refractivity contribution < 1.29 is 17.9 Å². The second kappa shape index (κ2) is 4.26. The molecule has 13 heavy (non-hydrogen) atoms. The fraction of sp³-hybridized carbons (Fsp3) is 1.00. The van der Waals surface area contributed by atoms with Gasteiger partial charge in [0, 0.05) is 6.04 Å². The second-order valence-electron chi connectivity index (χ2n) is 3.20. The maximum absolute atomic E-state index is 11.8. The van der Waals surface area contributed by atoms with Crippen molar-refractivity contribution in [2.24, 2.45) is 5.84 Å². The van der Waals surface area contributed by atoms with Crippen molar-refractivity contribution in [3.8, 4) is 0 Å². The van der Waals surface area contributed by atoms with Crippen molar-refractivity contribution in [3.63, 3.8) is 0 Å². The Morgan fingerprint density at radius 2 is 1.69 bits per heavy atom. The Kier molecular flexibility index (Phi) is 3.52. The standard InChI is InChI=1S/C7H13F3N2O/c8-7(9,10)13-6-3-1-5(12-11)2-4-6/h5-6,12H,1-4,11H2. The number of hydrogen-bond acceptors (Lipinski definition) is 3. The van der Waals surface area contributed by atoms with Crippen molar-refractivity contribution in [1.29, 1.82) is 0 Å². The van der Waals surface area contributed by atoms with E-state index in [1.165, 1.54) is 0 Å². The number of hydrogen-bond donors (Lipinski definition) is 2. The zero-order valence-electron chi connectivity index (χ0n) is 7.10. The lowest BCUT2D eigenvalue weighted by Gasteiger charge is -2.28. The molecule has 0 saturated heterocycles. The lowest BCUT2D eigenvalue weighted by molar-refractivity contribution is -0.345. The molecule has 78 valence electrons. The lowest BCUT2D eigenvalue weighted by Crippen LogP contribution is -2.40. The van der Waals surface area contributed by atoms with Crippen molar-refractivity contribution in [3.05, 3.63) is 0 Å². The summed E-state index contributed by atoms with van der Waals surface area (Å²) < 4.78 is 39.2. The Labute approximate surface area is 74.4 Å². The van der Waals surface area contributed by atoms with Gasteiger partial charge < -0.3 is 0 Å². The molecule has 0 heterocycles. The number of ether oxygens (including phenoxy) is 1. The third-order valence-electron chi connectivity index (χ3n) is 2.21. The molecule has 1 saturated carbocycles. The van der Waals surface area contributed by atoms with Crippen LogP contribution in [0.1, 0.15) is 25.7 Å². The second-order valence-corrected chi connectivity index (χ2v) is 3.20. The van der Waals surface area contributed by atoms with Crippen molar-refractivity contribution >= 4 is 0 Å². The quantitative estimate of drug-likeness (QED) is 0.519. The largest absolute Gasteiger partial charge is 0.522 e. The molecule has 0 aromatic heterocycles. The van der Waals surface area contributed by atoms with Gasteiger partial charge in [0.2, 0.25) is 0 Å². The van der Waals surface area contributed by atoms with E-state index < -0.39 is 12.5 Å². The summed E-state index contributed by atoms with van der Waals surface area (Å²) in [5.74, 6) is 5.16. The first kappa shape index (κ1) is 10.7. The molecule has 0 atom stereocenters. The highest BCUT2D eigenvalue weighted by molar-refractivity contribution is 4.75. The Morgan fingerprint density at radius 3 is 2.08 bits per heavy atom. The Hall–Kier alpha value is -0.330. The van der Waals surface area contributed by atoms with Crippen LogP contribution in [0.4, 0.5) is 13.2 Å². The number of halogens is 3. The number of hydrazine groups is 1. The zero-order chi connectivity index (χ0) is 9.90. The molecular weight excluding hydrogens is 185 g/mol. The van der Waals surface area contributed by atoms with Gasteiger partial charge in [0.05, 0.1) is 6.10 Å². The molecule has 0 unspecified atom stereocenters. The minimum atomic E-state index is -4.51. The highest BCUT2D eigenvalue weighted by atomic mass is 19.4. The Balaban J connectivity index is 2.25. The fourth-order valence-electron chi connectivity index (χ4n) is 1.54. The van der Waals surface area contributed by atoms with Gasteiger partial charge in [0.1, 0.15) is 0 Å². The Morgan fingerprint density at radius 1 is 1.15 bits per heavy atom. The molecule has 1 aliphatic rings. The van der Waals surface area contributed by atoms with Crippen molar-refractivity contribution in [2.75, 3.05) is 0 Å². The summed E-state index contributed by atoms with van der Waals surface area (Å²) in [6, 6.07) is 0.132. The zero-order valence-corrected chi connectivity index (χ0v) is 7.10. The van der Waals surface area contributed by atoms with Crippen LogP contribution in [0.15, 0.2) is 0 Å². The van der Waals surface area contributed by atoms with Crippen LogP contribution in [-0.2, 0) is 4.74 Å². The monoisotopic (exact) mass is 198 g/mol. The van der Waals surface area contributed by atoms with E-state index in [9.17, 15) is 13.2 Å². The predicted octanol–water partition coefficient (Wildman–Crippen LogP) is 1.30. The van der Waals surface area contributed by atoms with Crippen molar-refractivity contribution in [2.45, 2.75) is 44.2 Å². The molecule has 0 aromatic carbocycles. The van der Waals surface area contributed by atoms with Crippen LogP contribution in [-0.4, -0.2) is 18.5 Å². The SMILES string of the molecule is NNC1CCC(OC(F)(F)F)CC1. The first-order valence-corrected chi connectivity index (χ1v) is 4.22. The predicted molar refractivity (Wildman–Crippen MR) is 40.5 cm³/mol. The van der Waals surface area contributed by atoms with Crippen LogP contribution in [0.2, 0.25) is 0 Å². The van der Waals surface area contributed by atoms with Crippen LogP contribution >= 0.6 is 0 Å². The summed E-state index contributed by atoms with van der Waals surface area (Å²) in [5.41, 5.74) is 2.55. The van der Waals surface area contributed by atoms with Gasteiger partial charge in [-0.1, -0.05) is 0 Å². The topological polar surface area (TPSA) is 47.3 Å². The molecule has 6 heteroatoms. The van der Waals surface area contributed by atoms with Crippen LogP contribution in [0.5, 0.6) is 0 Å². The van der Waals surface area contributed by atoms with Gasteiger partial charge >= 0.3 is 6.36 Å². The van der Waals surface area contributed by atoms with Gasteiger partial charge in [-0.05, 0) is 25.7 Å².